The number of nitrogens with two attached hydrogens (primary N) is 1. The fourth-order valence-corrected chi connectivity index (χ4v) is 2.90. The van der Waals surface area contributed by atoms with E-state index in [1.165, 1.54) is 5.69 Å². The van der Waals surface area contributed by atoms with Crippen LogP contribution in [0.1, 0.15) is 32.5 Å². The number of hydrogen-bond acceptors (Lipinski definition) is 4. The zero-order chi connectivity index (χ0) is 13.8. The Hall–Kier alpha value is -0.910. The molecule has 1 aliphatic heterocycles. The number of nitrogens with zero attached hydrogens (tertiary/aromatic N) is 4. The molecular formula is C14H27N5. The molecule has 0 amide bonds. The third-order valence-electron chi connectivity index (χ3n) is 4.17. The van der Waals surface area contributed by atoms with Crippen LogP contribution in [-0.4, -0.2) is 58.1 Å². The Morgan fingerprint density at radius 2 is 1.84 bits per heavy atom. The molecule has 0 radical (unpaired) electrons. The van der Waals surface area contributed by atoms with Gasteiger partial charge in [-0.3, -0.25) is 9.80 Å². The lowest BCUT2D eigenvalue weighted by molar-refractivity contribution is 0.0778. The van der Waals surface area contributed by atoms with E-state index >= 15 is 0 Å². The van der Waals surface area contributed by atoms with Crippen LogP contribution in [0.2, 0.25) is 0 Å². The molecule has 0 spiro atoms. The fraction of sp³-hybridized carbons (Fsp3) is 0.786. The predicted octanol–water partition coefficient (Wildman–Crippen LogP) is 0.929. The van der Waals surface area contributed by atoms with Crippen LogP contribution in [0.5, 0.6) is 0 Å². The second-order valence-corrected chi connectivity index (χ2v) is 5.52. The molecule has 5 heteroatoms. The molecule has 0 bridgehead atoms. The van der Waals surface area contributed by atoms with Crippen LogP contribution in [-0.2, 0) is 6.54 Å². The summed E-state index contributed by atoms with van der Waals surface area (Å²) in [6.07, 6.45) is 3.87. The standard InChI is InChI=1S/C14H27N5/c1-4-17-11-16-10-14(17)13(9-15)19-7-5-18(6-8-19)12(2)3/h10-13H,4-9,15H2,1-3H3. The molecule has 2 rings (SSSR count). The van der Waals surface area contributed by atoms with Crippen molar-refractivity contribution in [2.75, 3.05) is 32.7 Å². The second kappa shape index (κ2) is 6.50. The third-order valence-corrected chi connectivity index (χ3v) is 4.17. The van der Waals surface area contributed by atoms with Gasteiger partial charge in [0.25, 0.3) is 0 Å². The maximum absolute atomic E-state index is 6.02. The van der Waals surface area contributed by atoms with Gasteiger partial charge < -0.3 is 10.3 Å². The summed E-state index contributed by atoms with van der Waals surface area (Å²) in [7, 11) is 0. The summed E-state index contributed by atoms with van der Waals surface area (Å²) in [6.45, 7) is 12.7. The van der Waals surface area contributed by atoms with Gasteiger partial charge in [0, 0.05) is 51.5 Å². The Bertz CT molecular complexity index is 379. The molecule has 2 N–H and O–H groups in total. The van der Waals surface area contributed by atoms with Crippen molar-refractivity contribution in [2.45, 2.75) is 39.4 Å². The molecule has 1 unspecified atom stereocenters. The van der Waals surface area contributed by atoms with Gasteiger partial charge in [0.15, 0.2) is 0 Å². The van der Waals surface area contributed by atoms with E-state index < -0.39 is 0 Å². The molecule has 1 aromatic rings. The van der Waals surface area contributed by atoms with Gasteiger partial charge in [-0.1, -0.05) is 0 Å². The largest absolute Gasteiger partial charge is 0.333 e. The third kappa shape index (κ3) is 3.16. The van der Waals surface area contributed by atoms with Crippen molar-refractivity contribution in [1.82, 2.24) is 19.4 Å². The molecule has 0 saturated carbocycles. The molecule has 1 aromatic heterocycles. The van der Waals surface area contributed by atoms with E-state index in [1.807, 2.05) is 12.5 Å². The lowest BCUT2D eigenvalue weighted by Gasteiger charge is -2.40. The summed E-state index contributed by atoms with van der Waals surface area (Å²) in [5, 5.41) is 0. The van der Waals surface area contributed by atoms with E-state index in [-0.39, 0.29) is 0 Å². The van der Waals surface area contributed by atoms with Gasteiger partial charge in [-0.25, -0.2) is 4.98 Å². The number of piperazine rings is 1. The van der Waals surface area contributed by atoms with Gasteiger partial charge in [-0.2, -0.15) is 0 Å². The van der Waals surface area contributed by atoms with Gasteiger partial charge >= 0.3 is 0 Å². The van der Waals surface area contributed by atoms with E-state index in [2.05, 4.69) is 40.1 Å². The summed E-state index contributed by atoms with van der Waals surface area (Å²) >= 11 is 0. The van der Waals surface area contributed by atoms with E-state index in [0.29, 0.717) is 18.6 Å². The first kappa shape index (κ1) is 14.5. The summed E-state index contributed by atoms with van der Waals surface area (Å²) < 4.78 is 2.20. The van der Waals surface area contributed by atoms with Gasteiger partial charge in [-0.05, 0) is 20.8 Å². The molecule has 108 valence electrons. The van der Waals surface area contributed by atoms with Crippen LogP contribution in [0, 0.1) is 0 Å². The zero-order valence-electron chi connectivity index (χ0n) is 12.4. The number of aryl methyl sites for hydroxylation is 1. The summed E-state index contributed by atoms with van der Waals surface area (Å²) in [5.41, 5.74) is 7.27. The molecular weight excluding hydrogens is 238 g/mol. The van der Waals surface area contributed by atoms with Crippen LogP contribution in [0.25, 0.3) is 0 Å². The molecule has 1 atom stereocenters. The lowest BCUT2D eigenvalue weighted by atomic mass is 10.1. The number of aromatic nitrogens is 2. The number of rotatable bonds is 5. The number of hydrogen-bond donors (Lipinski definition) is 1. The van der Waals surface area contributed by atoms with Crippen molar-refractivity contribution in [3.05, 3.63) is 18.2 Å². The average Bonchev–Trinajstić information content (AvgIpc) is 2.88. The normalized spacial score (nSPS) is 20.1. The topological polar surface area (TPSA) is 50.3 Å². The van der Waals surface area contributed by atoms with Gasteiger partial charge in [-0.15, -0.1) is 0 Å². The van der Waals surface area contributed by atoms with Crippen molar-refractivity contribution in [3.63, 3.8) is 0 Å². The first-order valence-electron chi connectivity index (χ1n) is 7.35. The highest BCUT2D eigenvalue weighted by Crippen LogP contribution is 2.21. The van der Waals surface area contributed by atoms with E-state index in [9.17, 15) is 0 Å². The Morgan fingerprint density at radius 1 is 1.21 bits per heavy atom. The first-order chi connectivity index (χ1) is 9.17. The maximum Gasteiger partial charge on any atom is 0.0948 e. The minimum absolute atomic E-state index is 0.303. The van der Waals surface area contributed by atoms with Gasteiger partial charge in [0.05, 0.1) is 18.1 Å². The van der Waals surface area contributed by atoms with Crippen molar-refractivity contribution in [1.29, 1.82) is 0 Å². The molecule has 5 nitrogen and oxygen atoms in total. The highest BCUT2D eigenvalue weighted by molar-refractivity contribution is 5.07. The van der Waals surface area contributed by atoms with Crippen LogP contribution in [0.15, 0.2) is 12.5 Å². The average molecular weight is 265 g/mol. The van der Waals surface area contributed by atoms with Crippen LogP contribution >= 0.6 is 0 Å². The summed E-state index contributed by atoms with van der Waals surface area (Å²) in [5.74, 6) is 0. The molecule has 1 fully saturated rings. The molecule has 0 aliphatic carbocycles. The smallest absolute Gasteiger partial charge is 0.0948 e. The van der Waals surface area contributed by atoms with Crippen molar-refractivity contribution >= 4 is 0 Å². The van der Waals surface area contributed by atoms with Gasteiger partial charge in [0.1, 0.15) is 0 Å². The van der Waals surface area contributed by atoms with Crippen molar-refractivity contribution in [3.8, 4) is 0 Å². The maximum atomic E-state index is 6.02. The molecule has 0 aromatic carbocycles. The highest BCUT2D eigenvalue weighted by Gasteiger charge is 2.26. The van der Waals surface area contributed by atoms with Gasteiger partial charge in [0.2, 0.25) is 0 Å². The minimum atomic E-state index is 0.303. The fourth-order valence-electron chi connectivity index (χ4n) is 2.90. The monoisotopic (exact) mass is 265 g/mol. The van der Waals surface area contributed by atoms with Crippen LogP contribution in [0.4, 0.5) is 0 Å². The molecule has 1 saturated heterocycles. The van der Waals surface area contributed by atoms with E-state index in [1.54, 1.807) is 0 Å². The quantitative estimate of drug-likeness (QED) is 0.860. The SMILES string of the molecule is CCn1cncc1C(CN)N1CCN(C(C)C)CC1. The molecule has 2 heterocycles. The van der Waals surface area contributed by atoms with Crippen LogP contribution in [0.3, 0.4) is 0 Å². The molecule has 1 aliphatic rings. The minimum Gasteiger partial charge on any atom is -0.333 e. The Morgan fingerprint density at radius 3 is 2.37 bits per heavy atom. The van der Waals surface area contributed by atoms with Crippen molar-refractivity contribution in [2.24, 2.45) is 5.73 Å². The predicted molar refractivity (Wildman–Crippen MR) is 78.0 cm³/mol. The van der Waals surface area contributed by atoms with E-state index in [0.717, 1.165) is 32.7 Å². The first-order valence-corrected chi connectivity index (χ1v) is 7.35. The Balaban J connectivity index is 2.04. The van der Waals surface area contributed by atoms with E-state index in [4.69, 9.17) is 5.73 Å². The second-order valence-electron chi connectivity index (χ2n) is 5.52. The van der Waals surface area contributed by atoms with Crippen molar-refractivity contribution < 1.29 is 0 Å². The number of imidazole rings is 1. The lowest BCUT2D eigenvalue weighted by Crippen LogP contribution is -2.51. The molecule has 19 heavy (non-hydrogen) atoms. The summed E-state index contributed by atoms with van der Waals surface area (Å²) in [4.78, 5) is 9.30. The zero-order valence-corrected chi connectivity index (χ0v) is 12.4. The summed E-state index contributed by atoms with van der Waals surface area (Å²) in [6, 6.07) is 0.941. The Kier molecular flexibility index (Phi) is 4.96. The van der Waals surface area contributed by atoms with Crippen LogP contribution < -0.4 is 5.73 Å². The Labute approximate surface area is 116 Å². The highest BCUT2D eigenvalue weighted by atomic mass is 15.3.